The lowest BCUT2D eigenvalue weighted by Gasteiger charge is -2.22. The molecule has 2 heteroatoms. The van der Waals surface area contributed by atoms with Gasteiger partial charge in [-0.2, -0.15) is 0 Å². The molecule has 2 nitrogen and oxygen atoms in total. The predicted molar refractivity (Wildman–Crippen MR) is 129 cm³/mol. The van der Waals surface area contributed by atoms with Crippen LogP contribution in [-0.4, -0.2) is 24.2 Å². The van der Waals surface area contributed by atoms with E-state index in [4.69, 9.17) is 0 Å². The maximum absolute atomic E-state index is 3.66. The summed E-state index contributed by atoms with van der Waals surface area (Å²) in [5, 5.41) is 13.0. The topological polar surface area (TPSA) is 24.1 Å². The second-order valence-electron chi connectivity index (χ2n) is 10.3. The van der Waals surface area contributed by atoms with Crippen LogP contribution < -0.4 is 10.6 Å². The van der Waals surface area contributed by atoms with Crippen LogP contribution in [0, 0.1) is 0 Å². The third kappa shape index (κ3) is 5.81. The molecule has 0 fully saturated rings. The molecule has 2 N–H and O–H groups in total. The molecule has 3 rings (SSSR count). The van der Waals surface area contributed by atoms with E-state index < -0.39 is 0 Å². The van der Waals surface area contributed by atoms with Crippen molar-refractivity contribution >= 4 is 21.5 Å². The summed E-state index contributed by atoms with van der Waals surface area (Å²) in [6.07, 6.45) is 3.30. The van der Waals surface area contributed by atoms with Crippen LogP contribution in [0.1, 0.15) is 59.1 Å². The van der Waals surface area contributed by atoms with E-state index in [1.165, 1.54) is 32.7 Å². The molecule has 0 aliphatic rings. The molecule has 0 amide bonds. The van der Waals surface area contributed by atoms with Gasteiger partial charge in [0.15, 0.2) is 0 Å². The van der Waals surface area contributed by atoms with Crippen LogP contribution in [-0.2, 0) is 12.8 Å². The van der Waals surface area contributed by atoms with Crippen molar-refractivity contribution in [2.75, 3.05) is 13.1 Å². The normalized spacial score (nSPS) is 12.8. The Hall–Kier alpha value is -1.90. The summed E-state index contributed by atoms with van der Waals surface area (Å²) in [4.78, 5) is 0. The van der Waals surface area contributed by atoms with Crippen molar-refractivity contribution in [2.45, 2.75) is 71.9 Å². The third-order valence-electron chi connectivity index (χ3n) is 5.44. The van der Waals surface area contributed by atoms with Gasteiger partial charge in [-0.3, -0.25) is 0 Å². The van der Waals surface area contributed by atoms with Gasteiger partial charge in [0.2, 0.25) is 0 Å². The van der Waals surface area contributed by atoms with Crippen LogP contribution >= 0.6 is 0 Å². The SMILES string of the molecule is CC(C)(C)NCCCc1c2ccccc2c(CCNC(C)(C)C)c2ccccc12. The molecule has 0 aliphatic heterocycles. The van der Waals surface area contributed by atoms with Gasteiger partial charge in [0.25, 0.3) is 0 Å². The number of nitrogens with one attached hydrogen (secondary N) is 2. The van der Waals surface area contributed by atoms with Crippen molar-refractivity contribution in [1.29, 1.82) is 0 Å². The maximum atomic E-state index is 3.66. The van der Waals surface area contributed by atoms with Crippen molar-refractivity contribution < 1.29 is 0 Å². The summed E-state index contributed by atoms with van der Waals surface area (Å²) in [7, 11) is 0. The Morgan fingerprint density at radius 2 is 0.931 bits per heavy atom. The highest BCUT2D eigenvalue weighted by Crippen LogP contribution is 2.34. The molecule has 156 valence electrons. The highest BCUT2D eigenvalue weighted by Gasteiger charge is 2.15. The highest BCUT2D eigenvalue weighted by atomic mass is 14.9. The van der Waals surface area contributed by atoms with E-state index in [0.717, 1.165) is 32.4 Å². The van der Waals surface area contributed by atoms with E-state index in [9.17, 15) is 0 Å². The van der Waals surface area contributed by atoms with Crippen molar-refractivity contribution in [3.8, 4) is 0 Å². The number of aryl methyl sites for hydroxylation is 1. The zero-order chi connectivity index (χ0) is 21.1. The minimum atomic E-state index is 0.144. The van der Waals surface area contributed by atoms with Crippen LogP contribution in [0.25, 0.3) is 21.5 Å². The first kappa shape index (κ1) is 21.8. The zero-order valence-electron chi connectivity index (χ0n) is 19.2. The van der Waals surface area contributed by atoms with Gasteiger partial charge in [-0.25, -0.2) is 0 Å². The molecular formula is C27H38N2. The molecular weight excluding hydrogens is 352 g/mol. The first-order valence-corrected chi connectivity index (χ1v) is 11.1. The van der Waals surface area contributed by atoms with Crippen LogP contribution in [0.3, 0.4) is 0 Å². The maximum Gasteiger partial charge on any atom is 0.00966 e. The Balaban J connectivity index is 1.98. The van der Waals surface area contributed by atoms with Crippen LogP contribution in [0.4, 0.5) is 0 Å². The Labute approximate surface area is 177 Å². The van der Waals surface area contributed by atoms with Gasteiger partial charge in [0.05, 0.1) is 0 Å². The fourth-order valence-electron chi connectivity index (χ4n) is 4.14. The number of hydrogen-bond donors (Lipinski definition) is 2. The van der Waals surface area contributed by atoms with Gasteiger partial charge in [-0.1, -0.05) is 48.5 Å². The van der Waals surface area contributed by atoms with Gasteiger partial charge in [-0.05, 0) is 107 Å². The quantitative estimate of drug-likeness (QED) is 0.368. The number of rotatable bonds is 7. The van der Waals surface area contributed by atoms with Crippen LogP contribution in [0.15, 0.2) is 48.5 Å². The van der Waals surface area contributed by atoms with Gasteiger partial charge in [0.1, 0.15) is 0 Å². The van der Waals surface area contributed by atoms with Gasteiger partial charge < -0.3 is 10.6 Å². The van der Waals surface area contributed by atoms with Gasteiger partial charge in [0, 0.05) is 11.1 Å². The molecule has 0 spiro atoms. The molecule has 3 aromatic carbocycles. The largest absolute Gasteiger partial charge is 0.312 e. The Kier molecular flexibility index (Phi) is 6.65. The third-order valence-corrected chi connectivity index (χ3v) is 5.44. The minimum Gasteiger partial charge on any atom is -0.312 e. The summed E-state index contributed by atoms with van der Waals surface area (Å²) >= 11 is 0. The number of fused-ring (bicyclic) bond motifs is 2. The highest BCUT2D eigenvalue weighted by molar-refractivity contribution is 6.05. The standard InChI is InChI=1S/C27H38N2/c1-26(2,3)28-18-11-16-24-20-12-7-9-14-22(20)25(17-19-29-27(4,5)6)23-15-10-8-13-21(23)24/h7-10,12-15,28-29H,11,16-19H2,1-6H3. The zero-order valence-corrected chi connectivity index (χ0v) is 19.2. The molecule has 0 aromatic heterocycles. The first-order chi connectivity index (χ1) is 13.7. The van der Waals surface area contributed by atoms with Crippen LogP contribution in [0.2, 0.25) is 0 Å². The summed E-state index contributed by atoms with van der Waals surface area (Å²) in [6.45, 7) is 15.4. The second kappa shape index (κ2) is 8.85. The smallest absolute Gasteiger partial charge is 0.00966 e. The van der Waals surface area contributed by atoms with E-state index in [0.29, 0.717) is 0 Å². The Bertz CT molecular complexity index is 901. The summed E-state index contributed by atoms with van der Waals surface area (Å²) in [6, 6.07) is 18.0. The molecule has 3 aromatic rings. The molecule has 0 atom stereocenters. The van der Waals surface area contributed by atoms with E-state index >= 15 is 0 Å². The molecule has 29 heavy (non-hydrogen) atoms. The van der Waals surface area contributed by atoms with Crippen molar-refractivity contribution in [3.63, 3.8) is 0 Å². The molecule has 0 unspecified atom stereocenters. The van der Waals surface area contributed by atoms with Crippen molar-refractivity contribution in [2.24, 2.45) is 0 Å². The van der Waals surface area contributed by atoms with Gasteiger partial charge in [-0.15, -0.1) is 0 Å². The van der Waals surface area contributed by atoms with Crippen molar-refractivity contribution in [3.05, 3.63) is 59.7 Å². The fourth-order valence-corrected chi connectivity index (χ4v) is 4.14. The van der Waals surface area contributed by atoms with E-state index in [1.807, 2.05) is 0 Å². The monoisotopic (exact) mass is 390 g/mol. The minimum absolute atomic E-state index is 0.144. The molecule has 0 radical (unpaired) electrons. The van der Waals surface area contributed by atoms with E-state index in [2.05, 4.69) is 101 Å². The van der Waals surface area contributed by atoms with Crippen LogP contribution in [0.5, 0.6) is 0 Å². The average Bonchev–Trinajstić information content (AvgIpc) is 2.64. The first-order valence-electron chi connectivity index (χ1n) is 11.1. The lowest BCUT2D eigenvalue weighted by Crippen LogP contribution is -2.37. The lowest BCUT2D eigenvalue weighted by molar-refractivity contribution is 0.422. The second-order valence-corrected chi connectivity index (χ2v) is 10.3. The summed E-state index contributed by atoms with van der Waals surface area (Å²) in [5.74, 6) is 0. The number of benzene rings is 3. The molecule has 0 heterocycles. The fraction of sp³-hybridized carbons (Fsp3) is 0.481. The average molecular weight is 391 g/mol. The van der Waals surface area contributed by atoms with Gasteiger partial charge >= 0.3 is 0 Å². The molecule has 0 saturated carbocycles. The van der Waals surface area contributed by atoms with Crippen molar-refractivity contribution in [1.82, 2.24) is 10.6 Å². The summed E-state index contributed by atoms with van der Waals surface area (Å²) < 4.78 is 0. The Morgan fingerprint density at radius 3 is 1.34 bits per heavy atom. The predicted octanol–water partition coefficient (Wildman–Crippen LogP) is 6.24. The van der Waals surface area contributed by atoms with E-state index in [1.54, 1.807) is 0 Å². The molecule has 0 aliphatic carbocycles. The lowest BCUT2D eigenvalue weighted by atomic mass is 9.88. The molecule has 0 saturated heterocycles. The van der Waals surface area contributed by atoms with E-state index in [-0.39, 0.29) is 11.1 Å². The molecule has 0 bridgehead atoms. The Morgan fingerprint density at radius 1 is 0.552 bits per heavy atom. The number of hydrogen-bond acceptors (Lipinski definition) is 2. The summed E-state index contributed by atoms with van der Waals surface area (Å²) in [5.41, 5.74) is 3.29.